The quantitative estimate of drug-likeness (QED) is 0.302. The minimum atomic E-state index is -0.666. The van der Waals surface area contributed by atoms with Gasteiger partial charge in [0.1, 0.15) is 17.2 Å². The van der Waals surface area contributed by atoms with E-state index in [2.05, 4.69) is 30.4 Å². The minimum Gasteiger partial charge on any atom is -0.465 e. The SMILES string of the molecule is Cc1nc(NC[C@H](CC(=O)OCC2CC2)C(=O)OC(C)(C)C)c(C)c(C2CCC(c3ccc4c(c3)CCCC4)CC2)n1. The molecular formula is C35H49N3O4. The summed E-state index contributed by atoms with van der Waals surface area (Å²) in [6.07, 6.45) is 11.8. The van der Waals surface area contributed by atoms with Crippen LogP contribution in [0.5, 0.6) is 0 Å². The second kappa shape index (κ2) is 13.1. The van der Waals surface area contributed by atoms with Gasteiger partial charge in [0.2, 0.25) is 0 Å². The van der Waals surface area contributed by atoms with Gasteiger partial charge in [-0.2, -0.15) is 0 Å². The van der Waals surface area contributed by atoms with E-state index in [-0.39, 0.29) is 18.9 Å². The number of carbonyl (C=O) groups excluding carboxylic acids is 2. The Morgan fingerprint density at radius 3 is 2.33 bits per heavy atom. The molecule has 0 aliphatic heterocycles. The van der Waals surface area contributed by atoms with Crippen molar-refractivity contribution >= 4 is 17.8 Å². The van der Waals surface area contributed by atoms with E-state index >= 15 is 0 Å². The van der Waals surface area contributed by atoms with E-state index in [9.17, 15) is 9.59 Å². The summed E-state index contributed by atoms with van der Waals surface area (Å²) in [6.45, 7) is 10.2. The summed E-state index contributed by atoms with van der Waals surface area (Å²) in [5.74, 6) is 1.51. The first-order valence-electron chi connectivity index (χ1n) is 16.1. The predicted molar refractivity (Wildman–Crippen MR) is 165 cm³/mol. The summed E-state index contributed by atoms with van der Waals surface area (Å²) in [6, 6.07) is 7.24. The fourth-order valence-electron chi connectivity index (χ4n) is 6.53. The summed E-state index contributed by atoms with van der Waals surface area (Å²) in [5.41, 5.74) is 6.12. The smallest absolute Gasteiger partial charge is 0.311 e. The van der Waals surface area contributed by atoms with Gasteiger partial charge in [0, 0.05) is 18.0 Å². The lowest BCUT2D eigenvalue weighted by molar-refractivity contribution is -0.163. The van der Waals surface area contributed by atoms with Gasteiger partial charge < -0.3 is 14.8 Å². The average molecular weight is 576 g/mol. The maximum Gasteiger partial charge on any atom is 0.311 e. The first kappa shape index (κ1) is 30.5. The zero-order chi connectivity index (χ0) is 29.9. The molecule has 0 amide bonds. The maximum absolute atomic E-state index is 13.1. The van der Waals surface area contributed by atoms with Crippen molar-refractivity contribution in [2.24, 2.45) is 11.8 Å². The number of benzene rings is 1. The molecule has 2 saturated carbocycles. The number of ether oxygens (including phenoxy) is 2. The lowest BCUT2D eigenvalue weighted by Gasteiger charge is -2.30. The van der Waals surface area contributed by atoms with Crippen LogP contribution in [0.25, 0.3) is 0 Å². The number of anilines is 1. The molecule has 7 heteroatoms. The highest BCUT2D eigenvalue weighted by Gasteiger charge is 2.31. The summed E-state index contributed by atoms with van der Waals surface area (Å²) >= 11 is 0. The largest absolute Gasteiger partial charge is 0.465 e. The minimum absolute atomic E-state index is 0.0166. The Labute approximate surface area is 251 Å². The fraction of sp³-hybridized carbons (Fsp3) is 0.657. The maximum atomic E-state index is 13.1. The molecule has 1 aromatic heterocycles. The van der Waals surface area contributed by atoms with Gasteiger partial charge in [-0.05, 0) is 127 Å². The molecule has 1 N–H and O–H groups in total. The van der Waals surface area contributed by atoms with Crippen LogP contribution in [0.15, 0.2) is 18.2 Å². The Bertz CT molecular complexity index is 1270. The van der Waals surface area contributed by atoms with E-state index in [1.807, 2.05) is 27.7 Å². The zero-order valence-electron chi connectivity index (χ0n) is 26.3. The van der Waals surface area contributed by atoms with Gasteiger partial charge in [-0.15, -0.1) is 0 Å². The molecule has 0 unspecified atom stereocenters. The first-order valence-corrected chi connectivity index (χ1v) is 16.1. The van der Waals surface area contributed by atoms with Crippen molar-refractivity contribution in [3.05, 3.63) is 52.0 Å². The van der Waals surface area contributed by atoms with Crippen LogP contribution in [-0.4, -0.2) is 40.7 Å². The number of aryl methyl sites for hydroxylation is 3. The first-order chi connectivity index (χ1) is 20.1. The normalized spacial score (nSPS) is 21.3. The van der Waals surface area contributed by atoms with Crippen molar-refractivity contribution in [3.8, 4) is 0 Å². The molecule has 3 aliphatic rings. The predicted octanol–water partition coefficient (Wildman–Crippen LogP) is 7.13. The Morgan fingerprint density at radius 2 is 1.64 bits per heavy atom. The molecule has 0 spiro atoms. The van der Waals surface area contributed by atoms with Crippen LogP contribution in [0, 0.1) is 25.7 Å². The number of hydrogen-bond donors (Lipinski definition) is 1. The van der Waals surface area contributed by atoms with Crippen molar-refractivity contribution < 1.29 is 19.1 Å². The van der Waals surface area contributed by atoms with Crippen LogP contribution in [0.3, 0.4) is 0 Å². The van der Waals surface area contributed by atoms with E-state index in [0.29, 0.717) is 30.2 Å². The molecule has 5 rings (SSSR count). The van der Waals surface area contributed by atoms with Crippen LogP contribution < -0.4 is 5.32 Å². The van der Waals surface area contributed by atoms with E-state index in [1.54, 1.807) is 11.1 Å². The van der Waals surface area contributed by atoms with Crippen LogP contribution in [0.1, 0.15) is 124 Å². The number of carbonyl (C=O) groups is 2. The van der Waals surface area contributed by atoms with Crippen LogP contribution in [-0.2, 0) is 31.9 Å². The number of nitrogens with zero attached hydrogens (tertiary/aromatic N) is 2. The van der Waals surface area contributed by atoms with E-state index in [4.69, 9.17) is 19.4 Å². The Hall–Kier alpha value is -2.96. The lowest BCUT2D eigenvalue weighted by atomic mass is 9.76. The molecule has 1 aromatic carbocycles. The highest BCUT2D eigenvalue weighted by atomic mass is 16.6. The summed E-state index contributed by atoms with van der Waals surface area (Å²) < 4.78 is 11.1. The molecule has 0 saturated heterocycles. The van der Waals surface area contributed by atoms with Crippen LogP contribution in [0.4, 0.5) is 5.82 Å². The molecule has 2 fully saturated rings. The zero-order valence-corrected chi connectivity index (χ0v) is 26.3. The molecule has 0 bridgehead atoms. The van der Waals surface area contributed by atoms with E-state index < -0.39 is 17.5 Å². The molecule has 2 aromatic rings. The molecule has 1 heterocycles. The standard InChI is InChI=1S/C35H49N3O4/c1-22-32(27-15-12-26(13-16-27)29-17-14-25-8-6-7-9-28(25)18-29)37-23(2)38-33(22)36-20-30(34(40)42-35(3,4)5)19-31(39)41-21-24-10-11-24/h14,17-18,24,26-27,30H,6-13,15-16,19-21H2,1-5H3,(H,36,37,38)/t26?,27?,30-/m0/s1. The summed E-state index contributed by atoms with van der Waals surface area (Å²) in [4.78, 5) is 35.2. The monoisotopic (exact) mass is 575 g/mol. The van der Waals surface area contributed by atoms with Crippen LogP contribution in [0.2, 0.25) is 0 Å². The number of rotatable bonds is 10. The number of nitrogens with one attached hydrogen (secondary N) is 1. The molecule has 7 nitrogen and oxygen atoms in total. The second-order valence-corrected chi connectivity index (χ2v) is 13.9. The number of aromatic nitrogens is 2. The Morgan fingerprint density at radius 1 is 0.952 bits per heavy atom. The number of hydrogen-bond acceptors (Lipinski definition) is 7. The van der Waals surface area contributed by atoms with Gasteiger partial charge in [0.15, 0.2) is 0 Å². The van der Waals surface area contributed by atoms with E-state index in [0.717, 1.165) is 42.8 Å². The van der Waals surface area contributed by atoms with E-state index in [1.165, 1.54) is 44.1 Å². The lowest BCUT2D eigenvalue weighted by Crippen LogP contribution is -2.34. The van der Waals surface area contributed by atoms with Gasteiger partial charge in [-0.25, -0.2) is 9.97 Å². The highest BCUT2D eigenvalue weighted by Crippen LogP contribution is 2.42. The molecule has 42 heavy (non-hydrogen) atoms. The Kier molecular flexibility index (Phi) is 9.54. The van der Waals surface area contributed by atoms with Crippen molar-refractivity contribution in [1.29, 1.82) is 0 Å². The molecule has 228 valence electrons. The third-order valence-electron chi connectivity index (χ3n) is 9.10. The molecule has 1 atom stereocenters. The third-order valence-corrected chi connectivity index (χ3v) is 9.10. The topological polar surface area (TPSA) is 90.4 Å². The van der Waals surface area contributed by atoms with Crippen molar-refractivity contribution in [1.82, 2.24) is 9.97 Å². The number of esters is 2. The van der Waals surface area contributed by atoms with Gasteiger partial charge in [0.05, 0.1) is 24.6 Å². The van der Waals surface area contributed by atoms with Gasteiger partial charge >= 0.3 is 11.9 Å². The average Bonchev–Trinajstić information content (AvgIpc) is 3.79. The van der Waals surface area contributed by atoms with Crippen LogP contribution >= 0.6 is 0 Å². The van der Waals surface area contributed by atoms with Crippen molar-refractivity contribution in [2.45, 2.75) is 123 Å². The Balaban J connectivity index is 1.23. The molecule has 3 aliphatic carbocycles. The third kappa shape index (κ3) is 8.11. The van der Waals surface area contributed by atoms with Gasteiger partial charge in [0.25, 0.3) is 0 Å². The van der Waals surface area contributed by atoms with Crippen molar-refractivity contribution in [3.63, 3.8) is 0 Å². The second-order valence-electron chi connectivity index (χ2n) is 13.9. The van der Waals surface area contributed by atoms with Crippen molar-refractivity contribution in [2.75, 3.05) is 18.5 Å². The summed E-state index contributed by atoms with van der Waals surface area (Å²) in [5, 5.41) is 3.39. The van der Waals surface area contributed by atoms with Gasteiger partial charge in [-0.3, -0.25) is 9.59 Å². The molecular weight excluding hydrogens is 526 g/mol. The van der Waals surface area contributed by atoms with Gasteiger partial charge in [-0.1, -0.05) is 18.2 Å². The highest BCUT2D eigenvalue weighted by molar-refractivity contribution is 5.80. The summed E-state index contributed by atoms with van der Waals surface area (Å²) in [7, 11) is 0. The molecule has 0 radical (unpaired) electrons. The fourth-order valence-corrected chi connectivity index (χ4v) is 6.53. The number of fused-ring (bicyclic) bond motifs is 1.